The van der Waals surface area contributed by atoms with Gasteiger partial charge in [-0.25, -0.2) is 8.42 Å². The van der Waals surface area contributed by atoms with Crippen LogP contribution >= 0.6 is 0 Å². The number of amides is 1. The molecular formula is C18H27N3O6S. The maximum atomic E-state index is 13.0. The number of likely N-dealkylation sites (tertiary alicyclic amines) is 1. The van der Waals surface area contributed by atoms with E-state index in [9.17, 15) is 18.0 Å². The minimum atomic E-state index is -3.67. The summed E-state index contributed by atoms with van der Waals surface area (Å²) in [5, 5.41) is 0. The summed E-state index contributed by atoms with van der Waals surface area (Å²) in [6.45, 7) is 4.21. The molecule has 3 heterocycles. The highest BCUT2D eigenvalue weighted by atomic mass is 32.2. The fraction of sp³-hybridized carbons (Fsp3) is 0.667. The van der Waals surface area contributed by atoms with Gasteiger partial charge in [0.1, 0.15) is 10.6 Å². The van der Waals surface area contributed by atoms with Crippen LogP contribution in [0.4, 0.5) is 0 Å². The minimum Gasteiger partial charge on any atom is -0.466 e. The Labute approximate surface area is 165 Å². The zero-order valence-corrected chi connectivity index (χ0v) is 17.1. The maximum Gasteiger partial charge on any atom is 0.310 e. The Morgan fingerprint density at radius 3 is 2.64 bits per heavy atom. The SMILES string of the molecule is CCOC(=O)[C@H]1CCCN(C(=O)c2cc(S(=O)(=O)N3CCOCC3)cn2C)C1. The van der Waals surface area contributed by atoms with E-state index in [1.165, 1.54) is 21.1 Å². The molecule has 3 rings (SSSR count). The molecule has 1 aromatic heterocycles. The minimum absolute atomic E-state index is 0.0965. The van der Waals surface area contributed by atoms with Gasteiger partial charge in [0, 0.05) is 39.4 Å². The number of hydrogen-bond acceptors (Lipinski definition) is 6. The lowest BCUT2D eigenvalue weighted by Crippen LogP contribution is -2.43. The van der Waals surface area contributed by atoms with Crippen LogP contribution < -0.4 is 0 Å². The smallest absolute Gasteiger partial charge is 0.310 e. The van der Waals surface area contributed by atoms with Crippen molar-refractivity contribution >= 4 is 21.9 Å². The van der Waals surface area contributed by atoms with E-state index in [0.29, 0.717) is 52.3 Å². The van der Waals surface area contributed by atoms with Crippen molar-refractivity contribution in [3.05, 3.63) is 18.0 Å². The van der Waals surface area contributed by atoms with Gasteiger partial charge in [-0.2, -0.15) is 4.31 Å². The van der Waals surface area contributed by atoms with E-state index in [1.54, 1.807) is 18.9 Å². The van der Waals surface area contributed by atoms with Gasteiger partial charge in [-0.05, 0) is 25.8 Å². The van der Waals surface area contributed by atoms with Crippen molar-refractivity contribution in [1.29, 1.82) is 0 Å². The number of aryl methyl sites for hydroxylation is 1. The number of esters is 1. The van der Waals surface area contributed by atoms with Crippen LogP contribution in [0, 0.1) is 5.92 Å². The van der Waals surface area contributed by atoms with E-state index >= 15 is 0 Å². The van der Waals surface area contributed by atoms with Crippen LogP contribution in [-0.2, 0) is 31.3 Å². The third-order valence-corrected chi connectivity index (χ3v) is 7.00. The van der Waals surface area contributed by atoms with Gasteiger partial charge in [-0.1, -0.05) is 0 Å². The summed E-state index contributed by atoms with van der Waals surface area (Å²) in [6.07, 6.45) is 2.86. The first-order valence-corrected chi connectivity index (χ1v) is 11.0. The lowest BCUT2D eigenvalue weighted by atomic mass is 9.98. The second kappa shape index (κ2) is 8.62. The predicted octanol–water partition coefficient (Wildman–Crippen LogP) is 0.461. The van der Waals surface area contributed by atoms with E-state index in [0.717, 1.165) is 0 Å². The third kappa shape index (κ3) is 4.23. The average Bonchev–Trinajstić information content (AvgIpc) is 3.11. The fourth-order valence-electron chi connectivity index (χ4n) is 3.60. The van der Waals surface area contributed by atoms with Crippen molar-refractivity contribution in [3.63, 3.8) is 0 Å². The second-order valence-corrected chi connectivity index (χ2v) is 8.97. The normalized spacial score (nSPS) is 21.5. The van der Waals surface area contributed by atoms with E-state index < -0.39 is 10.0 Å². The molecule has 2 saturated heterocycles. The molecule has 2 aliphatic heterocycles. The molecule has 1 amide bonds. The molecule has 2 aliphatic rings. The van der Waals surface area contributed by atoms with Crippen molar-refractivity contribution in [2.24, 2.45) is 13.0 Å². The Hall–Kier alpha value is -1.91. The van der Waals surface area contributed by atoms with Crippen molar-refractivity contribution in [2.45, 2.75) is 24.7 Å². The highest BCUT2D eigenvalue weighted by Crippen LogP contribution is 2.23. The summed E-state index contributed by atoms with van der Waals surface area (Å²) < 4.78 is 38.9. The number of carbonyl (C=O) groups is 2. The van der Waals surface area contributed by atoms with E-state index in [-0.39, 0.29) is 34.9 Å². The summed E-state index contributed by atoms with van der Waals surface area (Å²) in [5.41, 5.74) is 0.288. The zero-order chi connectivity index (χ0) is 20.3. The Bertz CT molecular complexity index is 828. The first-order valence-electron chi connectivity index (χ1n) is 9.54. The van der Waals surface area contributed by atoms with Crippen LogP contribution in [0.3, 0.4) is 0 Å². The Morgan fingerprint density at radius 1 is 1.25 bits per heavy atom. The van der Waals surface area contributed by atoms with Gasteiger partial charge < -0.3 is 18.9 Å². The molecule has 0 bridgehead atoms. The summed E-state index contributed by atoms with van der Waals surface area (Å²) in [4.78, 5) is 26.7. The van der Waals surface area contributed by atoms with Crippen LogP contribution in [0.15, 0.2) is 17.2 Å². The van der Waals surface area contributed by atoms with Crippen molar-refractivity contribution in [2.75, 3.05) is 46.0 Å². The molecular weight excluding hydrogens is 386 g/mol. The molecule has 0 spiro atoms. The number of ether oxygens (including phenoxy) is 2. The maximum absolute atomic E-state index is 13.0. The second-order valence-electron chi connectivity index (χ2n) is 7.03. The lowest BCUT2D eigenvalue weighted by Gasteiger charge is -2.31. The van der Waals surface area contributed by atoms with Crippen LogP contribution in [0.25, 0.3) is 0 Å². The first-order chi connectivity index (χ1) is 13.3. The zero-order valence-electron chi connectivity index (χ0n) is 16.3. The summed E-state index contributed by atoms with van der Waals surface area (Å²) in [5.74, 6) is -0.906. The molecule has 0 N–H and O–H groups in total. The molecule has 28 heavy (non-hydrogen) atoms. The fourth-order valence-corrected chi connectivity index (χ4v) is 5.08. The molecule has 0 aliphatic carbocycles. The molecule has 156 valence electrons. The van der Waals surface area contributed by atoms with Crippen LogP contribution in [-0.4, -0.2) is 80.1 Å². The largest absolute Gasteiger partial charge is 0.466 e. The third-order valence-electron chi connectivity index (χ3n) is 5.14. The quantitative estimate of drug-likeness (QED) is 0.651. The monoisotopic (exact) mass is 413 g/mol. The number of nitrogens with zero attached hydrogens (tertiary/aromatic N) is 3. The average molecular weight is 413 g/mol. The summed E-state index contributed by atoms with van der Waals surface area (Å²) >= 11 is 0. The highest BCUT2D eigenvalue weighted by Gasteiger charge is 2.33. The topological polar surface area (TPSA) is 98.2 Å². The Kier molecular flexibility index (Phi) is 6.41. The van der Waals surface area contributed by atoms with Gasteiger partial charge >= 0.3 is 5.97 Å². The number of morpholine rings is 1. The number of piperidine rings is 1. The van der Waals surface area contributed by atoms with Gasteiger partial charge in [0.2, 0.25) is 10.0 Å². The molecule has 1 atom stereocenters. The Morgan fingerprint density at radius 2 is 1.96 bits per heavy atom. The molecule has 0 aromatic carbocycles. The molecule has 0 saturated carbocycles. The van der Waals surface area contributed by atoms with Gasteiger partial charge in [-0.3, -0.25) is 9.59 Å². The lowest BCUT2D eigenvalue weighted by molar-refractivity contribution is -0.149. The molecule has 9 nitrogen and oxygen atoms in total. The molecule has 0 radical (unpaired) electrons. The molecule has 0 unspecified atom stereocenters. The van der Waals surface area contributed by atoms with Crippen molar-refractivity contribution < 1.29 is 27.5 Å². The molecule has 2 fully saturated rings. The highest BCUT2D eigenvalue weighted by molar-refractivity contribution is 7.89. The van der Waals surface area contributed by atoms with E-state index in [2.05, 4.69) is 0 Å². The van der Waals surface area contributed by atoms with Gasteiger partial charge in [0.25, 0.3) is 5.91 Å². The standard InChI is InChI=1S/C18H27N3O6S/c1-3-27-18(23)14-5-4-6-20(12-14)17(22)16-11-15(13-19(16)2)28(24,25)21-7-9-26-10-8-21/h11,13-14H,3-10,12H2,1-2H3/t14-/m0/s1. The van der Waals surface area contributed by atoms with E-state index in [4.69, 9.17) is 9.47 Å². The van der Waals surface area contributed by atoms with Gasteiger partial charge in [-0.15, -0.1) is 0 Å². The van der Waals surface area contributed by atoms with Crippen LogP contribution in [0.5, 0.6) is 0 Å². The number of sulfonamides is 1. The predicted molar refractivity (Wildman–Crippen MR) is 100 cm³/mol. The van der Waals surface area contributed by atoms with E-state index in [1.807, 2.05) is 0 Å². The number of rotatable bonds is 5. The molecule has 1 aromatic rings. The van der Waals surface area contributed by atoms with Crippen LogP contribution in [0.1, 0.15) is 30.3 Å². The van der Waals surface area contributed by atoms with Gasteiger partial charge in [0.15, 0.2) is 0 Å². The van der Waals surface area contributed by atoms with Crippen molar-refractivity contribution in [1.82, 2.24) is 13.8 Å². The van der Waals surface area contributed by atoms with Crippen molar-refractivity contribution in [3.8, 4) is 0 Å². The number of carbonyl (C=O) groups excluding carboxylic acids is 2. The molecule has 10 heteroatoms. The first kappa shape index (κ1) is 20.8. The summed E-state index contributed by atoms with van der Waals surface area (Å²) in [6, 6.07) is 1.42. The van der Waals surface area contributed by atoms with Gasteiger partial charge in [0.05, 0.1) is 25.7 Å². The summed E-state index contributed by atoms with van der Waals surface area (Å²) in [7, 11) is -2.02. The Balaban J connectivity index is 1.76. The number of hydrogen-bond donors (Lipinski definition) is 0. The number of aromatic nitrogens is 1. The van der Waals surface area contributed by atoms with Crippen LogP contribution in [0.2, 0.25) is 0 Å².